The Hall–Kier alpha value is -2.95. The van der Waals surface area contributed by atoms with Crippen molar-refractivity contribution in [1.29, 1.82) is 0 Å². The lowest BCUT2D eigenvalue weighted by Gasteiger charge is -1.98. The lowest BCUT2D eigenvalue weighted by molar-refractivity contribution is 0.960. The van der Waals surface area contributed by atoms with Gasteiger partial charge in [0.05, 0.1) is 11.1 Å². The van der Waals surface area contributed by atoms with Crippen LogP contribution in [0.15, 0.2) is 53.5 Å². The molecule has 1 aromatic carbocycles. The second-order valence-electron chi connectivity index (χ2n) is 5.02. The molecular formula is C16H12N4O. The molecule has 1 N–H and O–H groups in total. The summed E-state index contributed by atoms with van der Waals surface area (Å²) in [5.41, 5.74) is 4.07. The third-order valence-corrected chi connectivity index (χ3v) is 3.53. The van der Waals surface area contributed by atoms with E-state index in [2.05, 4.69) is 15.1 Å². The smallest absolute Gasteiger partial charge is 0.260 e. The summed E-state index contributed by atoms with van der Waals surface area (Å²) in [6.07, 6.45) is 1.66. The second kappa shape index (κ2) is 4.28. The first-order valence-electron chi connectivity index (χ1n) is 6.66. The fourth-order valence-electron chi connectivity index (χ4n) is 2.42. The van der Waals surface area contributed by atoms with Gasteiger partial charge in [0.1, 0.15) is 5.65 Å². The Morgan fingerprint density at radius 3 is 2.76 bits per heavy atom. The number of aromatic nitrogens is 4. The number of aromatic amines is 1. The van der Waals surface area contributed by atoms with Gasteiger partial charge in [0, 0.05) is 17.8 Å². The SMILES string of the molecule is Cc1ccc(-c2cc3[nH]c(=O)c4cccnc4n3n2)cc1. The number of nitrogens with one attached hydrogen (secondary N) is 1. The zero-order valence-electron chi connectivity index (χ0n) is 11.4. The van der Waals surface area contributed by atoms with Gasteiger partial charge < -0.3 is 4.98 Å². The molecule has 0 bridgehead atoms. The molecule has 0 atom stereocenters. The molecule has 0 saturated carbocycles. The molecule has 0 amide bonds. The minimum atomic E-state index is -0.152. The van der Waals surface area contributed by atoms with Gasteiger partial charge in [0.15, 0.2) is 5.65 Å². The van der Waals surface area contributed by atoms with Crippen molar-refractivity contribution in [2.75, 3.05) is 0 Å². The number of hydrogen-bond donors (Lipinski definition) is 1. The van der Waals surface area contributed by atoms with E-state index < -0.39 is 0 Å². The summed E-state index contributed by atoms with van der Waals surface area (Å²) >= 11 is 0. The molecule has 0 aliphatic rings. The molecule has 4 rings (SSSR count). The van der Waals surface area contributed by atoms with Gasteiger partial charge in [-0.3, -0.25) is 4.79 Å². The number of H-pyrrole nitrogens is 1. The molecule has 3 aromatic heterocycles. The van der Waals surface area contributed by atoms with Crippen LogP contribution in [0.5, 0.6) is 0 Å². The maximum absolute atomic E-state index is 12.0. The molecule has 4 aromatic rings. The van der Waals surface area contributed by atoms with Crippen molar-refractivity contribution in [2.45, 2.75) is 6.92 Å². The average molecular weight is 276 g/mol. The zero-order valence-corrected chi connectivity index (χ0v) is 11.4. The first-order chi connectivity index (χ1) is 10.2. The predicted molar refractivity (Wildman–Crippen MR) is 81.3 cm³/mol. The van der Waals surface area contributed by atoms with Gasteiger partial charge in [0.2, 0.25) is 0 Å². The summed E-state index contributed by atoms with van der Waals surface area (Å²) < 4.78 is 1.67. The van der Waals surface area contributed by atoms with Gasteiger partial charge >= 0.3 is 0 Å². The number of pyridine rings is 1. The van der Waals surface area contributed by atoms with E-state index in [0.29, 0.717) is 16.7 Å². The van der Waals surface area contributed by atoms with Crippen molar-refractivity contribution in [2.24, 2.45) is 0 Å². The average Bonchev–Trinajstić information content (AvgIpc) is 2.92. The molecule has 5 nitrogen and oxygen atoms in total. The topological polar surface area (TPSA) is 63.0 Å². The number of rotatable bonds is 1. The van der Waals surface area contributed by atoms with E-state index in [1.165, 1.54) is 5.56 Å². The fraction of sp³-hybridized carbons (Fsp3) is 0.0625. The van der Waals surface area contributed by atoms with E-state index in [1.54, 1.807) is 22.8 Å². The van der Waals surface area contributed by atoms with Gasteiger partial charge in [-0.1, -0.05) is 29.8 Å². The fourth-order valence-corrected chi connectivity index (χ4v) is 2.42. The lowest BCUT2D eigenvalue weighted by Crippen LogP contribution is -2.10. The first kappa shape index (κ1) is 11.8. The minimum Gasteiger partial charge on any atom is -0.306 e. The number of benzene rings is 1. The molecule has 0 aliphatic heterocycles. The molecule has 102 valence electrons. The molecule has 0 saturated heterocycles. The van der Waals surface area contributed by atoms with Crippen molar-refractivity contribution in [3.8, 4) is 11.3 Å². The Labute approximate surface area is 119 Å². The highest BCUT2D eigenvalue weighted by Gasteiger charge is 2.10. The van der Waals surface area contributed by atoms with E-state index in [9.17, 15) is 4.79 Å². The van der Waals surface area contributed by atoms with Crippen molar-refractivity contribution in [3.05, 3.63) is 64.6 Å². The summed E-state index contributed by atoms with van der Waals surface area (Å²) in [4.78, 5) is 19.2. The summed E-state index contributed by atoms with van der Waals surface area (Å²) in [5, 5.41) is 5.10. The molecular weight excluding hydrogens is 264 g/mol. The van der Waals surface area contributed by atoms with Crippen molar-refractivity contribution in [1.82, 2.24) is 19.6 Å². The molecule has 5 heteroatoms. The van der Waals surface area contributed by atoms with Crippen molar-refractivity contribution >= 4 is 16.7 Å². The summed E-state index contributed by atoms with van der Waals surface area (Å²) in [6.45, 7) is 2.04. The normalized spacial score (nSPS) is 11.3. The summed E-state index contributed by atoms with van der Waals surface area (Å²) in [5.74, 6) is 0. The van der Waals surface area contributed by atoms with Gasteiger partial charge in [0.25, 0.3) is 5.56 Å². The van der Waals surface area contributed by atoms with E-state index >= 15 is 0 Å². The molecule has 0 aliphatic carbocycles. The minimum absolute atomic E-state index is 0.152. The molecule has 0 radical (unpaired) electrons. The van der Waals surface area contributed by atoms with Gasteiger partial charge in [-0.05, 0) is 19.1 Å². The molecule has 21 heavy (non-hydrogen) atoms. The van der Waals surface area contributed by atoms with Crippen LogP contribution in [0.3, 0.4) is 0 Å². The van der Waals surface area contributed by atoms with E-state index in [1.807, 2.05) is 37.3 Å². The number of fused-ring (bicyclic) bond motifs is 3. The van der Waals surface area contributed by atoms with E-state index in [0.717, 1.165) is 11.3 Å². The van der Waals surface area contributed by atoms with Crippen LogP contribution in [-0.2, 0) is 0 Å². The highest BCUT2D eigenvalue weighted by atomic mass is 16.1. The number of nitrogens with zero attached hydrogens (tertiary/aromatic N) is 3. The zero-order chi connectivity index (χ0) is 14.4. The molecule has 3 heterocycles. The van der Waals surface area contributed by atoms with Crippen LogP contribution in [0.1, 0.15) is 5.56 Å². The van der Waals surface area contributed by atoms with Crippen LogP contribution in [0.25, 0.3) is 27.9 Å². The van der Waals surface area contributed by atoms with Crippen LogP contribution in [0.2, 0.25) is 0 Å². The van der Waals surface area contributed by atoms with Crippen LogP contribution in [-0.4, -0.2) is 19.6 Å². The van der Waals surface area contributed by atoms with Gasteiger partial charge in [-0.25, -0.2) is 4.98 Å². The Kier molecular flexibility index (Phi) is 2.41. The highest BCUT2D eigenvalue weighted by molar-refractivity contribution is 5.77. The Bertz CT molecular complexity index is 1010. The maximum Gasteiger partial charge on any atom is 0.260 e. The molecule has 0 spiro atoms. The summed E-state index contributed by atoms with van der Waals surface area (Å²) in [6, 6.07) is 13.5. The first-order valence-corrected chi connectivity index (χ1v) is 6.66. The quantitative estimate of drug-likeness (QED) is 0.581. The van der Waals surface area contributed by atoms with Gasteiger partial charge in [-0.2, -0.15) is 9.61 Å². The van der Waals surface area contributed by atoms with E-state index in [-0.39, 0.29) is 5.56 Å². The van der Waals surface area contributed by atoms with Crippen LogP contribution in [0.4, 0.5) is 0 Å². The number of aryl methyl sites for hydroxylation is 1. The Morgan fingerprint density at radius 2 is 1.95 bits per heavy atom. The molecule has 0 unspecified atom stereocenters. The van der Waals surface area contributed by atoms with E-state index in [4.69, 9.17) is 0 Å². The van der Waals surface area contributed by atoms with Crippen molar-refractivity contribution in [3.63, 3.8) is 0 Å². The molecule has 0 fully saturated rings. The van der Waals surface area contributed by atoms with Crippen LogP contribution >= 0.6 is 0 Å². The monoisotopic (exact) mass is 276 g/mol. The second-order valence-corrected chi connectivity index (χ2v) is 5.02. The number of hydrogen-bond acceptors (Lipinski definition) is 3. The van der Waals surface area contributed by atoms with Gasteiger partial charge in [-0.15, -0.1) is 0 Å². The summed E-state index contributed by atoms with van der Waals surface area (Å²) in [7, 11) is 0. The highest BCUT2D eigenvalue weighted by Crippen LogP contribution is 2.20. The standard InChI is InChI=1S/C16H12N4O/c1-10-4-6-11(7-5-10)13-9-14-18-16(21)12-3-2-8-17-15(12)20(14)19-13/h2-9H,1H3,(H,18,21). The Balaban J connectivity index is 2.04. The maximum atomic E-state index is 12.0. The van der Waals surface area contributed by atoms with Crippen LogP contribution in [0, 0.1) is 6.92 Å². The van der Waals surface area contributed by atoms with Crippen LogP contribution < -0.4 is 5.56 Å². The largest absolute Gasteiger partial charge is 0.306 e. The predicted octanol–water partition coefficient (Wildman–Crippen LogP) is 2.55. The third kappa shape index (κ3) is 1.82. The lowest BCUT2D eigenvalue weighted by atomic mass is 10.1. The Morgan fingerprint density at radius 1 is 1.14 bits per heavy atom. The third-order valence-electron chi connectivity index (χ3n) is 3.53. The van der Waals surface area contributed by atoms with Crippen molar-refractivity contribution < 1.29 is 0 Å².